The number of thioether (sulfide) groups is 1. The minimum Gasteiger partial charge on any atom is -0.298 e. The van der Waals surface area contributed by atoms with Crippen LogP contribution in [0.5, 0.6) is 0 Å². The predicted molar refractivity (Wildman–Crippen MR) is 103 cm³/mol. The number of fused-ring (bicyclic) bond motifs is 1. The van der Waals surface area contributed by atoms with Crippen LogP contribution in [0.25, 0.3) is 21.9 Å². The SMILES string of the molecule is CC(=O)C(C)(C)Sc1ccncc1-c1ccc(C#N)c2ccccc12. The molecule has 3 nitrogen and oxygen atoms in total. The lowest BCUT2D eigenvalue weighted by molar-refractivity contribution is -0.118. The van der Waals surface area contributed by atoms with Gasteiger partial charge >= 0.3 is 0 Å². The van der Waals surface area contributed by atoms with Crippen LogP contribution >= 0.6 is 11.8 Å². The second kappa shape index (κ2) is 6.70. The van der Waals surface area contributed by atoms with Crippen molar-refractivity contribution in [1.82, 2.24) is 4.98 Å². The number of nitriles is 1. The molecule has 3 rings (SSSR count). The maximum Gasteiger partial charge on any atom is 0.145 e. The first-order valence-electron chi connectivity index (χ1n) is 8.00. The fourth-order valence-electron chi connectivity index (χ4n) is 2.65. The van der Waals surface area contributed by atoms with E-state index < -0.39 is 4.75 Å². The standard InChI is InChI=1S/C21H18N2OS/c1-14(24)21(2,3)25-20-10-11-23-13-19(20)18-9-8-15(12-22)16-6-4-5-7-17(16)18/h4-11,13H,1-3H3. The Hall–Kier alpha value is -2.64. The monoisotopic (exact) mass is 346 g/mol. The topological polar surface area (TPSA) is 53.8 Å². The first kappa shape index (κ1) is 17.2. The molecule has 0 fully saturated rings. The van der Waals surface area contributed by atoms with E-state index in [2.05, 4.69) is 11.1 Å². The molecule has 124 valence electrons. The average molecular weight is 346 g/mol. The molecule has 3 aromatic rings. The normalized spacial score (nSPS) is 11.3. The zero-order valence-electron chi connectivity index (χ0n) is 14.4. The third kappa shape index (κ3) is 3.29. The number of carbonyl (C=O) groups excluding carboxylic acids is 1. The van der Waals surface area contributed by atoms with Gasteiger partial charge in [-0.05, 0) is 43.9 Å². The lowest BCUT2D eigenvalue weighted by atomic mass is 9.96. The Morgan fingerprint density at radius 2 is 1.80 bits per heavy atom. The van der Waals surface area contributed by atoms with Crippen molar-refractivity contribution in [3.05, 3.63) is 60.4 Å². The number of hydrogen-bond donors (Lipinski definition) is 0. The summed E-state index contributed by atoms with van der Waals surface area (Å²) in [5.74, 6) is 0.130. The fourth-order valence-corrected chi connectivity index (χ4v) is 3.75. The summed E-state index contributed by atoms with van der Waals surface area (Å²) < 4.78 is -0.515. The van der Waals surface area contributed by atoms with E-state index >= 15 is 0 Å². The van der Waals surface area contributed by atoms with E-state index in [9.17, 15) is 10.1 Å². The molecule has 4 heteroatoms. The van der Waals surface area contributed by atoms with Crippen LogP contribution in [0, 0.1) is 11.3 Å². The van der Waals surface area contributed by atoms with Gasteiger partial charge in [0.15, 0.2) is 0 Å². The Kier molecular flexibility index (Phi) is 4.61. The lowest BCUT2D eigenvalue weighted by Gasteiger charge is -2.22. The Bertz CT molecular complexity index is 1000. The zero-order chi connectivity index (χ0) is 18.0. The van der Waals surface area contributed by atoms with Gasteiger partial charge in [-0.2, -0.15) is 5.26 Å². The maximum absolute atomic E-state index is 11.9. The molecular formula is C21H18N2OS. The molecule has 0 saturated heterocycles. The van der Waals surface area contributed by atoms with Crippen molar-refractivity contribution in [3.63, 3.8) is 0 Å². The van der Waals surface area contributed by atoms with E-state index in [1.165, 1.54) is 11.8 Å². The minimum atomic E-state index is -0.515. The van der Waals surface area contributed by atoms with Crippen LogP contribution in [-0.4, -0.2) is 15.5 Å². The summed E-state index contributed by atoms with van der Waals surface area (Å²) >= 11 is 1.54. The largest absolute Gasteiger partial charge is 0.298 e. The summed E-state index contributed by atoms with van der Waals surface area (Å²) in [4.78, 5) is 17.2. The number of Topliss-reactive ketones (excluding diaryl/α,β-unsaturated/α-hetero) is 1. The quantitative estimate of drug-likeness (QED) is 0.607. The van der Waals surface area contributed by atoms with Crippen molar-refractivity contribution in [3.8, 4) is 17.2 Å². The first-order valence-corrected chi connectivity index (χ1v) is 8.82. The Labute approximate surface area is 151 Å². The molecule has 2 aromatic carbocycles. The third-order valence-electron chi connectivity index (χ3n) is 4.33. The number of carbonyl (C=O) groups is 1. The van der Waals surface area contributed by atoms with Crippen LogP contribution < -0.4 is 0 Å². The van der Waals surface area contributed by atoms with E-state index in [4.69, 9.17) is 0 Å². The number of pyridine rings is 1. The maximum atomic E-state index is 11.9. The first-order chi connectivity index (χ1) is 11.9. The van der Waals surface area contributed by atoms with E-state index in [0.717, 1.165) is 26.8 Å². The van der Waals surface area contributed by atoms with Gasteiger partial charge in [0, 0.05) is 28.2 Å². The molecule has 0 amide bonds. The minimum absolute atomic E-state index is 0.130. The van der Waals surface area contributed by atoms with E-state index in [1.807, 2.05) is 62.5 Å². The molecule has 25 heavy (non-hydrogen) atoms. The number of hydrogen-bond acceptors (Lipinski definition) is 4. The van der Waals surface area contributed by atoms with Gasteiger partial charge in [0.25, 0.3) is 0 Å². The highest BCUT2D eigenvalue weighted by Gasteiger charge is 2.26. The number of ketones is 1. The summed E-state index contributed by atoms with van der Waals surface area (Å²) in [7, 11) is 0. The predicted octanol–water partition coefficient (Wildman–Crippen LogP) is 5.23. The lowest BCUT2D eigenvalue weighted by Crippen LogP contribution is -2.24. The number of aromatic nitrogens is 1. The van der Waals surface area contributed by atoms with E-state index in [0.29, 0.717) is 5.56 Å². The second-order valence-electron chi connectivity index (χ2n) is 6.36. The van der Waals surface area contributed by atoms with Crippen LogP contribution in [0.15, 0.2) is 59.8 Å². The molecule has 1 heterocycles. The molecule has 0 aliphatic carbocycles. The van der Waals surface area contributed by atoms with E-state index in [-0.39, 0.29) is 5.78 Å². The second-order valence-corrected chi connectivity index (χ2v) is 8.02. The summed E-state index contributed by atoms with van der Waals surface area (Å²) in [6.45, 7) is 5.48. The number of benzene rings is 2. The molecule has 1 aromatic heterocycles. The van der Waals surface area contributed by atoms with Crippen molar-refractivity contribution in [1.29, 1.82) is 5.26 Å². The zero-order valence-corrected chi connectivity index (χ0v) is 15.2. The number of rotatable bonds is 4. The molecule has 0 N–H and O–H groups in total. The van der Waals surface area contributed by atoms with Crippen molar-refractivity contribution in [2.45, 2.75) is 30.4 Å². The van der Waals surface area contributed by atoms with Crippen LogP contribution in [0.4, 0.5) is 0 Å². The van der Waals surface area contributed by atoms with Gasteiger partial charge in [-0.25, -0.2) is 0 Å². The number of nitrogens with zero attached hydrogens (tertiary/aromatic N) is 2. The Morgan fingerprint density at radius 3 is 2.48 bits per heavy atom. The van der Waals surface area contributed by atoms with Gasteiger partial charge in [0.05, 0.1) is 16.4 Å². The van der Waals surface area contributed by atoms with Crippen LogP contribution in [0.2, 0.25) is 0 Å². The summed E-state index contributed by atoms with van der Waals surface area (Å²) in [5, 5.41) is 11.3. The van der Waals surface area contributed by atoms with Gasteiger partial charge in [0.1, 0.15) is 5.78 Å². The molecule has 0 radical (unpaired) electrons. The van der Waals surface area contributed by atoms with Gasteiger partial charge in [-0.1, -0.05) is 30.3 Å². The molecule has 0 saturated carbocycles. The Morgan fingerprint density at radius 1 is 1.08 bits per heavy atom. The van der Waals surface area contributed by atoms with Crippen LogP contribution in [-0.2, 0) is 4.79 Å². The Balaban J connectivity index is 2.21. The molecule has 0 unspecified atom stereocenters. The average Bonchev–Trinajstić information content (AvgIpc) is 2.61. The van der Waals surface area contributed by atoms with Crippen molar-refractivity contribution < 1.29 is 4.79 Å². The van der Waals surface area contributed by atoms with Gasteiger partial charge in [-0.15, -0.1) is 11.8 Å². The molecule has 0 atom stereocenters. The highest BCUT2D eigenvalue weighted by atomic mass is 32.2. The van der Waals surface area contributed by atoms with Crippen molar-refractivity contribution >= 4 is 28.3 Å². The van der Waals surface area contributed by atoms with Gasteiger partial charge < -0.3 is 0 Å². The highest BCUT2D eigenvalue weighted by Crippen LogP contribution is 2.41. The highest BCUT2D eigenvalue weighted by molar-refractivity contribution is 8.01. The van der Waals surface area contributed by atoms with Gasteiger partial charge in [-0.3, -0.25) is 9.78 Å². The fraction of sp³-hybridized carbons (Fsp3) is 0.190. The van der Waals surface area contributed by atoms with Crippen molar-refractivity contribution in [2.75, 3.05) is 0 Å². The smallest absolute Gasteiger partial charge is 0.145 e. The molecule has 0 spiro atoms. The summed E-state index contributed by atoms with van der Waals surface area (Å²) in [6, 6.07) is 15.9. The molecule has 0 bridgehead atoms. The summed E-state index contributed by atoms with van der Waals surface area (Å²) in [5.41, 5.74) is 2.65. The van der Waals surface area contributed by atoms with E-state index in [1.54, 1.807) is 13.1 Å². The summed E-state index contributed by atoms with van der Waals surface area (Å²) in [6.07, 6.45) is 3.57. The van der Waals surface area contributed by atoms with Crippen LogP contribution in [0.3, 0.4) is 0 Å². The van der Waals surface area contributed by atoms with Crippen LogP contribution in [0.1, 0.15) is 26.3 Å². The molecule has 0 aliphatic heterocycles. The molecule has 0 aliphatic rings. The van der Waals surface area contributed by atoms with Crippen molar-refractivity contribution in [2.24, 2.45) is 0 Å². The third-order valence-corrected chi connectivity index (χ3v) is 5.70. The van der Waals surface area contributed by atoms with Gasteiger partial charge in [0.2, 0.25) is 0 Å². The molecular weight excluding hydrogens is 328 g/mol.